The number of aliphatic carboxylic acids is 1. The molecule has 0 amide bonds. The zero-order valence-electron chi connectivity index (χ0n) is 17.2. The lowest BCUT2D eigenvalue weighted by Crippen LogP contribution is -2.52. The second kappa shape index (κ2) is 14.9. The summed E-state index contributed by atoms with van der Waals surface area (Å²) in [6.07, 6.45) is 14.9. The number of rotatable bonds is 17. The SMILES string of the molecule is CCCCCCCCN(CCCCCCCC)[C@H](C(=O)O)C(C)(C)S. The van der Waals surface area contributed by atoms with Gasteiger partial charge in [0.1, 0.15) is 6.04 Å². The van der Waals surface area contributed by atoms with E-state index in [4.69, 9.17) is 0 Å². The van der Waals surface area contributed by atoms with E-state index in [1.54, 1.807) is 0 Å². The van der Waals surface area contributed by atoms with Crippen LogP contribution < -0.4 is 0 Å². The van der Waals surface area contributed by atoms with Crippen LogP contribution in [-0.4, -0.2) is 39.9 Å². The van der Waals surface area contributed by atoms with E-state index in [2.05, 4.69) is 31.4 Å². The summed E-state index contributed by atoms with van der Waals surface area (Å²) in [6.45, 7) is 10.1. The average Bonchev–Trinajstić information content (AvgIpc) is 2.51. The maximum Gasteiger partial charge on any atom is 0.322 e. The summed E-state index contributed by atoms with van der Waals surface area (Å²) < 4.78 is -0.531. The maximum absolute atomic E-state index is 11.8. The van der Waals surface area contributed by atoms with Gasteiger partial charge in [0.15, 0.2) is 0 Å². The van der Waals surface area contributed by atoms with Crippen molar-refractivity contribution in [2.75, 3.05) is 13.1 Å². The Morgan fingerprint density at radius 1 is 0.840 bits per heavy atom. The first-order valence-electron chi connectivity index (χ1n) is 10.5. The van der Waals surface area contributed by atoms with Crippen molar-refractivity contribution >= 4 is 18.6 Å². The highest BCUT2D eigenvalue weighted by molar-refractivity contribution is 7.81. The molecule has 0 aromatic heterocycles. The minimum Gasteiger partial charge on any atom is -0.480 e. The number of carboxylic acid groups (broad SMARTS) is 1. The Morgan fingerprint density at radius 3 is 1.52 bits per heavy atom. The first-order chi connectivity index (χ1) is 11.8. The van der Waals surface area contributed by atoms with E-state index in [0.717, 1.165) is 25.9 Å². The summed E-state index contributed by atoms with van der Waals surface area (Å²) in [6, 6.07) is -0.512. The first kappa shape index (κ1) is 24.8. The van der Waals surface area contributed by atoms with E-state index in [9.17, 15) is 9.90 Å². The molecule has 4 heteroatoms. The van der Waals surface area contributed by atoms with Crippen molar-refractivity contribution in [2.24, 2.45) is 0 Å². The molecule has 0 radical (unpaired) electrons. The molecular weight excluding hydrogens is 330 g/mol. The molecule has 0 fully saturated rings. The predicted octanol–water partition coefficient (Wildman–Crippen LogP) is 6.17. The summed E-state index contributed by atoms with van der Waals surface area (Å²) >= 11 is 4.59. The minimum atomic E-state index is -0.739. The largest absolute Gasteiger partial charge is 0.480 e. The van der Waals surface area contributed by atoms with Gasteiger partial charge < -0.3 is 5.11 Å². The summed E-state index contributed by atoms with van der Waals surface area (Å²) in [5, 5.41) is 9.73. The van der Waals surface area contributed by atoms with Crippen LogP contribution in [0.4, 0.5) is 0 Å². The van der Waals surface area contributed by atoms with Gasteiger partial charge in [0.2, 0.25) is 0 Å². The summed E-state index contributed by atoms with van der Waals surface area (Å²) in [5.41, 5.74) is 0. The van der Waals surface area contributed by atoms with Gasteiger partial charge in [-0.1, -0.05) is 78.1 Å². The normalized spacial score (nSPS) is 13.4. The van der Waals surface area contributed by atoms with Crippen molar-refractivity contribution in [3.8, 4) is 0 Å². The number of thiol groups is 1. The number of unbranched alkanes of at least 4 members (excludes halogenated alkanes) is 10. The van der Waals surface area contributed by atoms with Crippen molar-refractivity contribution < 1.29 is 9.90 Å². The van der Waals surface area contributed by atoms with Gasteiger partial charge in [0.05, 0.1) is 0 Å². The molecule has 0 spiro atoms. The third-order valence-corrected chi connectivity index (χ3v) is 5.11. The van der Waals surface area contributed by atoms with E-state index in [0.29, 0.717) is 0 Å². The van der Waals surface area contributed by atoms with E-state index in [1.807, 2.05) is 13.8 Å². The fourth-order valence-corrected chi connectivity index (χ4v) is 3.74. The first-order valence-corrected chi connectivity index (χ1v) is 11.0. The van der Waals surface area contributed by atoms with E-state index < -0.39 is 16.8 Å². The average molecular weight is 374 g/mol. The van der Waals surface area contributed by atoms with Gasteiger partial charge in [-0.25, -0.2) is 0 Å². The number of carboxylic acids is 1. The molecule has 25 heavy (non-hydrogen) atoms. The highest BCUT2D eigenvalue weighted by atomic mass is 32.1. The summed E-state index contributed by atoms with van der Waals surface area (Å²) in [7, 11) is 0. The van der Waals surface area contributed by atoms with E-state index in [1.165, 1.54) is 64.2 Å². The molecule has 3 nitrogen and oxygen atoms in total. The van der Waals surface area contributed by atoms with Crippen LogP contribution >= 0.6 is 12.6 Å². The fraction of sp³-hybridized carbons (Fsp3) is 0.952. The van der Waals surface area contributed by atoms with E-state index in [-0.39, 0.29) is 0 Å². The molecule has 0 bridgehead atoms. The van der Waals surface area contributed by atoms with Crippen molar-refractivity contribution in [1.82, 2.24) is 4.90 Å². The minimum absolute atomic E-state index is 0.512. The van der Waals surface area contributed by atoms with E-state index >= 15 is 0 Å². The molecule has 0 saturated heterocycles. The third-order valence-electron chi connectivity index (χ3n) is 4.87. The monoisotopic (exact) mass is 373 g/mol. The molecule has 0 aliphatic heterocycles. The van der Waals surface area contributed by atoms with Crippen molar-refractivity contribution in [3.63, 3.8) is 0 Å². The molecule has 150 valence electrons. The Hall–Kier alpha value is -0.220. The molecule has 0 aliphatic rings. The molecular formula is C21H43NO2S. The molecule has 0 unspecified atom stereocenters. The highest BCUT2D eigenvalue weighted by Crippen LogP contribution is 2.24. The summed E-state index contributed by atoms with van der Waals surface area (Å²) in [4.78, 5) is 14.0. The smallest absolute Gasteiger partial charge is 0.322 e. The zero-order chi connectivity index (χ0) is 19.1. The molecule has 1 atom stereocenters. The topological polar surface area (TPSA) is 40.5 Å². The van der Waals surface area contributed by atoms with Crippen LogP contribution in [0.1, 0.15) is 105 Å². The molecule has 0 heterocycles. The second-order valence-electron chi connectivity index (χ2n) is 7.97. The van der Waals surface area contributed by atoms with Gasteiger partial charge in [-0.3, -0.25) is 9.69 Å². The van der Waals surface area contributed by atoms with Gasteiger partial charge in [-0.05, 0) is 39.8 Å². The third kappa shape index (κ3) is 12.7. The predicted molar refractivity (Wildman–Crippen MR) is 113 cm³/mol. The Morgan fingerprint density at radius 2 is 1.20 bits per heavy atom. The van der Waals surface area contributed by atoms with Crippen molar-refractivity contribution in [1.29, 1.82) is 0 Å². The standard InChI is InChI=1S/C21H43NO2S/c1-5-7-9-11-13-15-17-22(18-16-14-12-10-8-6-2)19(20(23)24)21(3,4)25/h19,25H,5-18H2,1-4H3,(H,23,24)/t19-/m1/s1. The van der Waals surface area contributed by atoms with Gasteiger partial charge in [0.25, 0.3) is 0 Å². The number of nitrogens with zero attached hydrogens (tertiary/aromatic N) is 1. The van der Waals surface area contributed by atoms with Gasteiger partial charge in [-0.15, -0.1) is 0 Å². The Bertz CT molecular complexity index is 312. The Balaban J connectivity index is 4.46. The molecule has 0 saturated carbocycles. The summed E-state index contributed by atoms with van der Waals surface area (Å²) in [5.74, 6) is -0.739. The van der Waals surface area contributed by atoms with Gasteiger partial charge in [0, 0.05) is 4.75 Å². The Kier molecular flexibility index (Phi) is 14.8. The van der Waals surface area contributed by atoms with Gasteiger partial charge >= 0.3 is 5.97 Å². The van der Waals surface area contributed by atoms with Crippen LogP contribution in [0.2, 0.25) is 0 Å². The van der Waals surface area contributed by atoms with Crippen molar-refractivity contribution in [3.05, 3.63) is 0 Å². The highest BCUT2D eigenvalue weighted by Gasteiger charge is 2.36. The number of hydrogen-bond acceptors (Lipinski definition) is 3. The molecule has 0 aromatic carbocycles. The van der Waals surface area contributed by atoms with Crippen LogP contribution in [-0.2, 0) is 4.79 Å². The lowest BCUT2D eigenvalue weighted by atomic mass is 9.99. The van der Waals surface area contributed by atoms with Crippen LogP contribution in [0.5, 0.6) is 0 Å². The number of carbonyl (C=O) groups is 1. The van der Waals surface area contributed by atoms with Crippen LogP contribution in [0.25, 0.3) is 0 Å². The second-order valence-corrected chi connectivity index (χ2v) is 9.12. The Labute approximate surface area is 162 Å². The maximum atomic E-state index is 11.8. The van der Waals surface area contributed by atoms with Gasteiger partial charge in [-0.2, -0.15) is 12.6 Å². The quantitative estimate of drug-likeness (QED) is 0.236. The molecule has 0 rings (SSSR count). The molecule has 1 N–H and O–H groups in total. The molecule has 0 aliphatic carbocycles. The lowest BCUT2D eigenvalue weighted by molar-refractivity contribution is -0.144. The zero-order valence-corrected chi connectivity index (χ0v) is 18.1. The van der Waals surface area contributed by atoms with Crippen LogP contribution in [0.15, 0.2) is 0 Å². The van der Waals surface area contributed by atoms with Crippen LogP contribution in [0, 0.1) is 0 Å². The fourth-order valence-electron chi connectivity index (χ4n) is 3.47. The van der Waals surface area contributed by atoms with Crippen molar-refractivity contribution in [2.45, 2.75) is 116 Å². The molecule has 0 aromatic rings. The lowest BCUT2D eigenvalue weighted by Gasteiger charge is -2.36. The number of hydrogen-bond donors (Lipinski definition) is 2. The van der Waals surface area contributed by atoms with Crippen LogP contribution in [0.3, 0.4) is 0 Å².